The summed E-state index contributed by atoms with van der Waals surface area (Å²) >= 11 is 0. The van der Waals surface area contributed by atoms with Crippen molar-refractivity contribution in [3.8, 4) is 28.7 Å². The highest BCUT2D eigenvalue weighted by Gasteiger charge is 2.60. The van der Waals surface area contributed by atoms with E-state index in [9.17, 15) is 33.6 Å². The van der Waals surface area contributed by atoms with Crippen molar-refractivity contribution >= 4 is 82.0 Å². The van der Waals surface area contributed by atoms with Crippen molar-refractivity contribution in [2.45, 2.75) is 96.8 Å². The quantitative estimate of drug-likeness (QED) is 0.0382. The fraction of sp³-hybridized carbons (Fsp3) is 0.400. The molecule has 5 heterocycles. The summed E-state index contributed by atoms with van der Waals surface area (Å²) < 4.78 is 29.0. The zero-order chi connectivity index (χ0) is 59.8. The third-order valence-corrected chi connectivity index (χ3v) is 17.2. The summed E-state index contributed by atoms with van der Waals surface area (Å²) in [7, 11) is 4.66. The molecule has 2 aliphatic carbocycles. The van der Waals surface area contributed by atoms with Gasteiger partial charge in [0, 0.05) is 74.9 Å². The van der Waals surface area contributed by atoms with Gasteiger partial charge in [-0.15, -0.1) is 0 Å². The SMILES string of the molecule is COc1ccc(C2=CN3C(=O)c4cc(OC)c(OCCCOc5cc6c(cc5OC)C(=O)N5C=C(c7ccc(NC(=O)[C@H](C)NC(=O)C(NC(=O)CCCCN8C(=O)C9C%10C=C(C)C(C%10)C9C8=O)C(C)C)cc7)CC5C=N6)cc4N=C[C@@H]3C2)cc1. The van der Waals surface area contributed by atoms with Crippen LogP contribution in [-0.4, -0.2) is 134 Å². The van der Waals surface area contributed by atoms with Crippen LogP contribution in [0.4, 0.5) is 17.1 Å². The Hall–Kier alpha value is -9.07. The molecule has 5 aliphatic heterocycles. The summed E-state index contributed by atoms with van der Waals surface area (Å²) in [5, 5.41) is 8.40. The molecule has 1 saturated carbocycles. The van der Waals surface area contributed by atoms with Crippen LogP contribution in [0.5, 0.6) is 28.7 Å². The second kappa shape index (κ2) is 24.3. The number of methoxy groups -OCH3 is 3. The Morgan fingerprint density at radius 1 is 0.647 bits per heavy atom. The molecule has 8 atom stereocenters. The van der Waals surface area contributed by atoms with Gasteiger partial charge in [0.25, 0.3) is 11.8 Å². The second-order valence-corrected chi connectivity index (χ2v) is 23.0. The van der Waals surface area contributed by atoms with Crippen LogP contribution in [0.15, 0.2) is 107 Å². The fourth-order valence-electron chi connectivity index (χ4n) is 12.7. The molecule has 4 aromatic carbocycles. The maximum absolute atomic E-state index is 14.2. The summed E-state index contributed by atoms with van der Waals surface area (Å²) in [5.74, 6) is -0.0314. The fourth-order valence-corrected chi connectivity index (χ4v) is 12.7. The Morgan fingerprint density at radius 3 is 1.74 bits per heavy atom. The Balaban J connectivity index is 0.633. The van der Waals surface area contributed by atoms with E-state index in [4.69, 9.17) is 33.7 Å². The lowest BCUT2D eigenvalue weighted by molar-refractivity contribution is -0.140. The largest absolute Gasteiger partial charge is 0.497 e. The Morgan fingerprint density at radius 2 is 1.20 bits per heavy atom. The lowest BCUT2D eigenvalue weighted by atomic mass is 9.82. The van der Waals surface area contributed by atoms with E-state index >= 15 is 0 Å². The van der Waals surface area contributed by atoms with Crippen LogP contribution in [-0.2, 0) is 24.0 Å². The molecule has 2 fully saturated rings. The number of amides is 7. The summed E-state index contributed by atoms with van der Waals surface area (Å²) in [5.41, 5.74) is 7.15. The Labute approximate surface area is 493 Å². The number of imide groups is 1. The van der Waals surface area contributed by atoms with Crippen LogP contribution >= 0.6 is 0 Å². The van der Waals surface area contributed by atoms with Gasteiger partial charge in [0.05, 0.1) is 81.0 Å². The number of nitrogens with one attached hydrogen (secondary N) is 3. The second-order valence-electron chi connectivity index (χ2n) is 23.0. The summed E-state index contributed by atoms with van der Waals surface area (Å²) in [6.07, 6.45) is 12.9. The van der Waals surface area contributed by atoms with Crippen molar-refractivity contribution in [3.63, 3.8) is 0 Å². The maximum Gasteiger partial charge on any atom is 0.260 e. The van der Waals surface area contributed by atoms with Crippen molar-refractivity contribution in [1.82, 2.24) is 25.3 Å². The van der Waals surface area contributed by atoms with Crippen LogP contribution in [0, 0.1) is 29.6 Å². The van der Waals surface area contributed by atoms with Crippen molar-refractivity contribution in [2.24, 2.45) is 39.6 Å². The predicted octanol–water partition coefficient (Wildman–Crippen LogP) is 8.45. The summed E-state index contributed by atoms with van der Waals surface area (Å²) in [4.78, 5) is 108. The minimum atomic E-state index is -0.936. The molecule has 6 unspecified atom stereocenters. The van der Waals surface area contributed by atoms with Crippen LogP contribution in [0.25, 0.3) is 11.1 Å². The first kappa shape index (κ1) is 57.7. The van der Waals surface area contributed by atoms with Crippen LogP contribution in [0.2, 0.25) is 0 Å². The first-order chi connectivity index (χ1) is 41.0. The Bertz CT molecular complexity index is 3510. The molecule has 4 aromatic rings. The van der Waals surface area contributed by atoms with E-state index in [1.807, 2.05) is 55.7 Å². The van der Waals surface area contributed by atoms with Crippen molar-refractivity contribution in [3.05, 3.63) is 119 Å². The Kier molecular flexibility index (Phi) is 16.5. The number of allylic oxidation sites excluding steroid dienone is 2. The zero-order valence-corrected chi connectivity index (χ0v) is 48.7. The minimum Gasteiger partial charge on any atom is -0.497 e. The van der Waals surface area contributed by atoms with E-state index < -0.39 is 23.9 Å². The average molecular weight is 1160 g/mol. The van der Waals surface area contributed by atoms with Crippen molar-refractivity contribution < 1.29 is 57.2 Å². The van der Waals surface area contributed by atoms with Crippen LogP contribution < -0.4 is 39.6 Å². The number of carbonyl (C=O) groups excluding carboxylic acids is 7. The molecule has 442 valence electrons. The van der Waals surface area contributed by atoms with Gasteiger partial charge in [0.2, 0.25) is 29.5 Å². The van der Waals surface area contributed by atoms with Gasteiger partial charge in [-0.05, 0) is 110 Å². The van der Waals surface area contributed by atoms with Gasteiger partial charge in [-0.2, -0.15) is 0 Å². The van der Waals surface area contributed by atoms with E-state index in [0.717, 1.165) is 34.4 Å². The topological polar surface area (TPSA) is 236 Å². The van der Waals surface area contributed by atoms with Gasteiger partial charge in [0.15, 0.2) is 23.0 Å². The standard InChI is InChI=1S/C65H70N8O12/c1-35(2)59(70-56(74)11-8-9-20-71-64(79)57-40-23-36(3)47(26-40)58(57)65(71)80)61(76)68-37(4)60(75)69-43-16-12-38(13-17-43)41-24-44-31-66-50-29-54(52(82-6)27-48(50)62(77)72(44)33-41)84-21-10-22-85-55-30-51-49(28-53(55)83-7)63(78)73-34-42(25-45(73)32-67-51)39-14-18-46(81-5)19-15-39/h12-19,23,27-35,37,40,44-45,47,57-59H,8-11,20-22,24-26H2,1-7H3,(H,68,76)(H,69,75)(H,70,74)/t37-,40?,44?,45-,47?,57?,58?,59?/m0/s1. The molecular formula is C65H70N8O12. The molecular weight excluding hydrogens is 1080 g/mol. The zero-order valence-electron chi connectivity index (χ0n) is 48.7. The highest BCUT2D eigenvalue weighted by atomic mass is 16.5. The number of aliphatic imine (C=N–C) groups is 2. The first-order valence-electron chi connectivity index (χ1n) is 29.1. The lowest BCUT2D eigenvalue weighted by Gasteiger charge is -2.24. The van der Waals surface area contributed by atoms with Crippen LogP contribution in [0.3, 0.4) is 0 Å². The summed E-state index contributed by atoms with van der Waals surface area (Å²) in [6, 6.07) is 19.2. The number of benzene rings is 4. The van der Waals surface area contributed by atoms with Gasteiger partial charge in [-0.3, -0.25) is 48.4 Å². The molecule has 0 spiro atoms. The monoisotopic (exact) mass is 1150 g/mol. The number of ether oxygens (including phenoxy) is 5. The van der Waals surface area contributed by atoms with E-state index in [2.05, 4.69) is 22.0 Å². The van der Waals surface area contributed by atoms with E-state index in [1.54, 1.807) is 86.5 Å². The smallest absolute Gasteiger partial charge is 0.260 e. The van der Waals surface area contributed by atoms with Crippen LogP contribution in [0.1, 0.15) is 104 Å². The molecule has 0 aromatic heterocycles. The van der Waals surface area contributed by atoms with E-state index in [-0.39, 0.29) is 97.4 Å². The van der Waals surface area contributed by atoms with Crippen molar-refractivity contribution in [1.29, 1.82) is 0 Å². The molecule has 85 heavy (non-hydrogen) atoms. The maximum atomic E-state index is 14.2. The van der Waals surface area contributed by atoms with Gasteiger partial charge < -0.3 is 49.4 Å². The number of anilines is 1. The van der Waals surface area contributed by atoms with Gasteiger partial charge in [0.1, 0.15) is 17.8 Å². The predicted molar refractivity (Wildman–Crippen MR) is 318 cm³/mol. The number of hydrogen-bond donors (Lipinski definition) is 3. The molecule has 0 radical (unpaired) electrons. The molecule has 7 aliphatic rings. The highest BCUT2D eigenvalue weighted by molar-refractivity contribution is 6.08. The van der Waals surface area contributed by atoms with Crippen molar-refractivity contribution in [2.75, 3.05) is 46.4 Å². The molecule has 2 bridgehead atoms. The molecule has 20 heteroatoms. The van der Waals surface area contributed by atoms with Gasteiger partial charge in [-0.25, -0.2) is 0 Å². The number of likely N-dealkylation sites (tertiary alicyclic amines) is 1. The molecule has 11 rings (SSSR count). The number of rotatable bonds is 22. The third kappa shape index (κ3) is 11.5. The number of hydrogen-bond acceptors (Lipinski definition) is 14. The number of nitrogens with zero attached hydrogens (tertiary/aromatic N) is 5. The third-order valence-electron chi connectivity index (χ3n) is 17.2. The molecule has 1 saturated heterocycles. The first-order valence-corrected chi connectivity index (χ1v) is 29.1. The highest BCUT2D eigenvalue weighted by Crippen LogP contribution is 2.55. The van der Waals surface area contributed by atoms with Gasteiger partial charge in [-0.1, -0.05) is 49.8 Å². The van der Waals surface area contributed by atoms with E-state index in [0.29, 0.717) is 83.3 Å². The van der Waals surface area contributed by atoms with Gasteiger partial charge >= 0.3 is 0 Å². The number of carbonyl (C=O) groups is 7. The lowest BCUT2D eigenvalue weighted by Crippen LogP contribution is -2.53. The van der Waals surface area contributed by atoms with E-state index in [1.165, 1.54) is 24.7 Å². The molecule has 3 N–H and O–H groups in total. The number of unbranched alkanes of at least 4 members (excludes halogenated alkanes) is 1. The molecule has 20 nitrogen and oxygen atoms in total. The normalized spacial score (nSPS) is 22.1. The minimum absolute atomic E-state index is 0.0940. The summed E-state index contributed by atoms with van der Waals surface area (Å²) in [6.45, 7) is 7.99. The average Bonchev–Trinajstić information content (AvgIpc) is 1.69. The number of fused-ring (bicyclic) bond motifs is 9. The molecule has 7 amide bonds.